The fourth-order valence-electron chi connectivity index (χ4n) is 3.56. The summed E-state index contributed by atoms with van der Waals surface area (Å²) in [7, 11) is -2.22. The van der Waals surface area contributed by atoms with Gasteiger partial charge in [-0.15, -0.1) is 0 Å². The summed E-state index contributed by atoms with van der Waals surface area (Å²) >= 11 is 1.67. The Morgan fingerprint density at radius 1 is 1.06 bits per heavy atom. The number of hydrogen-bond donors (Lipinski definition) is 1. The van der Waals surface area contributed by atoms with Crippen LogP contribution in [0.15, 0.2) is 53.4 Å². The fourth-order valence-corrected chi connectivity index (χ4v) is 5.57. The van der Waals surface area contributed by atoms with E-state index in [-0.39, 0.29) is 10.8 Å². The van der Waals surface area contributed by atoms with Gasteiger partial charge in [0.15, 0.2) is 0 Å². The normalized spacial score (nSPS) is 14.8. The quantitative estimate of drug-likeness (QED) is 0.572. The lowest BCUT2D eigenvalue weighted by atomic mass is 10.1. The maximum absolute atomic E-state index is 13.1. The van der Waals surface area contributed by atoms with Crippen molar-refractivity contribution in [1.29, 1.82) is 0 Å². The zero-order valence-corrected chi connectivity index (χ0v) is 19.5. The van der Waals surface area contributed by atoms with E-state index in [9.17, 15) is 13.2 Å². The molecule has 1 saturated heterocycles. The monoisotopic (exact) mass is 462 g/mol. The number of benzene rings is 2. The second-order valence-electron chi connectivity index (χ2n) is 7.50. The van der Waals surface area contributed by atoms with Crippen LogP contribution in [-0.4, -0.2) is 51.7 Å². The van der Waals surface area contributed by atoms with Gasteiger partial charge >= 0.3 is 0 Å². The summed E-state index contributed by atoms with van der Waals surface area (Å²) in [6, 6.07) is 14.5. The number of rotatable bonds is 9. The van der Waals surface area contributed by atoms with E-state index >= 15 is 0 Å². The molecule has 0 aliphatic carbocycles. The zero-order chi connectivity index (χ0) is 22.1. The molecule has 3 rings (SSSR count). The molecule has 1 amide bonds. The number of thioether (sulfide) groups is 1. The van der Waals surface area contributed by atoms with Gasteiger partial charge in [-0.25, -0.2) is 13.1 Å². The van der Waals surface area contributed by atoms with E-state index in [1.807, 2.05) is 18.2 Å². The van der Waals surface area contributed by atoms with Gasteiger partial charge in [-0.2, -0.15) is 11.8 Å². The van der Waals surface area contributed by atoms with Crippen molar-refractivity contribution in [1.82, 2.24) is 9.62 Å². The van der Waals surface area contributed by atoms with E-state index in [1.165, 1.54) is 24.8 Å². The van der Waals surface area contributed by atoms with Crippen molar-refractivity contribution in [3.8, 4) is 5.75 Å². The lowest BCUT2D eigenvalue weighted by Gasteiger charge is -2.22. The van der Waals surface area contributed by atoms with Gasteiger partial charge in [0.2, 0.25) is 10.0 Å². The van der Waals surface area contributed by atoms with Gasteiger partial charge in [-0.05, 0) is 36.6 Å². The molecule has 2 aromatic carbocycles. The summed E-state index contributed by atoms with van der Waals surface area (Å²) < 4.78 is 33.6. The van der Waals surface area contributed by atoms with Crippen LogP contribution in [0, 0.1) is 0 Å². The molecule has 168 valence electrons. The summed E-state index contributed by atoms with van der Waals surface area (Å²) in [5.74, 6) is 1.71. The molecule has 0 aromatic heterocycles. The summed E-state index contributed by atoms with van der Waals surface area (Å²) in [5.41, 5.74) is 1.51. The maximum Gasteiger partial charge on any atom is 0.257 e. The number of hydrogen-bond acceptors (Lipinski definition) is 5. The Bertz CT molecular complexity index is 957. The topological polar surface area (TPSA) is 75.7 Å². The van der Waals surface area contributed by atoms with Gasteiger partial charge in [-0.3, -0.25) is 4.79 Å². The van der Waals surface area contributed by atoms with Crippen molar-refractivity contribution in [2.45, 2.75) is 36.3 Å². The van der Waals surface area contributed by atoms with Crippen molar-refractivity contribution in [3.63, 3.8) is 0 Å². The lowest BCUT2D eigenvalue weighted by Crippen LogP contribution is -2.32. The molecule has 0 atom stereocenters. The second-order valence-corrected chi connectivity index (χ2v) is 10.4. The van der Waals surface area contributed by atoms with Gasteiger partial charge in [0.1, 0.15) is 5.75 Å². The number of sulfonamides is 1. The molecule has 8 heteroatoms. The molecule has 1 N–H and O–H groups in total. The first kappa shape index (κ1) is 23.6. The number of ether oxygens (including phenoxy) is 1. The number of carbonyl (C=O) groups is 1. The van der Waals surface area contributed by atoms with E-state index in [2.05, 4.69) is 16.9 Å². The molecule has 31 heavy (non-hydrogen) atoms. The minimum absolute atomic E-state index is 0.0829. The largest absolute Gasteiger partial charge is 0.496 e. The van der Waals surface area contributed by atoms with Crippen molar-refractivity contribution in [2.24, 2.45) is 0 Å². The van der Waals surface area contributed by atoms with Crippen LogP contribution in [0.3, 0.4) is 0 Å². The SMILES string of the molecule is COc1ccc(S(=O)(=O)NCCSCc2ccccc2)cc1C(=O)N1CCCCCC1. The highest BCUT2D eigenvalue weighted by atomic mass is 32.2. The number of carbonyl (C=O) groups excluding carboxylic acids is 1. The Morgan fingerprint density at radius 2 is 1.77 bits per heavy atom. The predicted molar refractivity (Wildman–Crippen MR) is 125 cm³/mol. The Morgan fingerprint density at radius 3 is 2.45 bits per heavy atom. The zero-order valence-electron chi connectivity index (χ0n) is 17.9. The molecule has 1 aliphatic rings. The van der Waals surface area contributed by atoms with E-state index in [1.54, 1.807) is 22.7 Å². The number of nitrogens with one attached hydrogen (secondary N) is 1. The average Bonchev–Trinajstić information content (AvgIpc) is 3.08. The molecule has 0 saturated carbocycles. The van der Waals surface area contributed by atoms with E-state index < -0.39 is 10.0 Å². The van der Waals surface area contributed by atoms with Crippen LogP contribution in [-0.2, 0) is 15.8 Å². The Balaban J connectivity index is 1.63. The molecule has 1 aliphatic heterocycles. The molecular formula is C23H30N2O4S2. The molecule has 6 nitrogen and oxygen atoms in total. The van der Waals surface area contributed by atoms with Crippen molar-refractivity contribution >= 4 is 27.7 Å². The van der Waals surface area contributed by atoms with Gasteiger partial charge in [0, 0.05) is 31.1 Å². The van der Waals surface area contributed by atoms with E-state index in [0.29, 0.717) is 36.7 Å². The predicted octanol–water partition coefficient (Wildman–Crippen LogP) is 3.92. The maximum atomic E-state index is 13.1. The van der Waals surface area contributed by atoms with Crippen LogP contribution < -0.4 is 9.46 Å². The summed E-state index contributed by atoms with van der Waals surface area (Å²) in [4.78, 5) is 15.0. The van der Waals surface area contributed by atoms with Crippen LogP contribution in [0.1, 0.15) is 41.6 Å². The van der Waals surface area contributed by atoms with Crippen molar-refractivity contribution < 1.29 is 17.9 Å². The third-order valence-corrected chi connectivity index (χ3v) is 7.74. The molecule has 1 fully saturated rings. The van der Waals surface area contributed by atoms with Crippen LogP contribution in [0.5, 0.6) is 5.75 Å². The number of methoxy groups -OCH3 is 1. The van der Waals surface area contributed by atoms with Crippen molar-refractivity contribution in [2.75, 3.05) is 32.5 Å². The third-order valence-electron chi connectivity index (χ3n) is 5.25. The van der Waals surface area contributed by atoms with Crippen molar-refractivity contribution in [3.05, 3.63) is 59.7 Å². The highest BCUT2D eigenvalue weighted by Gasteiger charge is 2.24. The third kappa shape index (κ3) is 6.72. The molecule has 2 aromatic rings. The molecule has 1 heterocycles. The summed E-state index contributed by atoms with van der Waals surface area (Å²) in [6.07, 6.45) is 4.16. The van der Waals surface area contributed by atoms with Crippen LogP contribution in [0.25, 0.3) is 0 Å². The van der Waals surface area contributed by atoms with Gasteiger partial charge in [-0.1, -0.05) is 43.2 Å². The van der Waals surface area contributed by atoms with E-state index in [0.717, 1.165) is 31.4 Å². The minimum atomic E-state index is -3.71. The lowest BCUT2D eigenvalue weighted by molar-refractivity contribution is 0.0758. The second kappa shape index (κ2) is 11.5. The molecule has 0 bridgehead atoms. The van der Waals surface area contributed by atoms with Crippen LogP contribution in [0.4, 0.5) is 0 Å². The van der Waals surface area contributed by atoms with Gasteiger partial charge in [0.05, 0.1) is 17.6 Å². The van der Waals surface area contributed by atoms with Crippen LogP contribution in [0.2, 0.25) is 0 Å². The minimum Gasteiger partial charge on any atom is -0.496 e. The Kier molecular flexibility index (Phi) is 8.80. The molecule has 0 radical (unpaired) electrons. The van der Waals surface area contributed by atoms with Crippen LogP contribution >= 0.6 is 11.8 Å². The first-order valence-electron chi connectivity index (χ1n) is 10.6. The number of likely N-dealkylation sites (tertiary alicyclic amines) is 1. The van der Waals surface area contributed by atoms with Gasteiger partial charge in [0.25, 0.3) is 5.91 Å². The summed E-state index contributed by atoms with van der Waals surface area (Å²) in [5, 5.41) is 0. The molecular weight excluding hydrogens is 432 g/mol. The highest BCUT2D eigenvalue weighted by Crippen LogP contribution is 2.25. The molecule has 0 spiro atoms. The smallest absolute Gasteiger partial charge is 0.257 e. The molecule has 0 unspecified atom stereocenters. The average molecular weight is 463 g/mol. The summed E-state index contributed by atoms with van der Waals surface area (Å²) in [6.45, 7) is 1.70. The first-order valence-corrected chi connectivity index (χ1v) is 13.2. The standard InChI is InChI=1S/C23H30N2O4S2/c1-29-22-12-11-20(17-21(22)23(26)25-14-7-2-3-8-15-25)31(27,28)24-13-16-30-18-19-9-5-4-6-10-19/h4-6,9-12,17,24H,2-3,7-8,13-16,18H2,1H3. The fraction of sp³-hybridized carbons (Fsp3) is 0.435. The Labute approximate surface area is 189 Å². The first-order chi connectivity index (χ1) is 15.0. The number of nitrogens with zero attached hydrogens (tertiary/aromatic N) is 1. The van der Waals surface area contributed by atoms with Gasteiger partial charge < -0.3 is 9.64 Å². The Hall–Kier alpha value is -2.03. The highest BCUT2D eigenvalue weighted by molar-refractivity contribution is 7.98. The number of amides is 1. The van der Waals surface area contributed by atoms with E-state index in [4.69, 9.17) is 4.74 Å².